The molecule has 0 saturated carbocycles. The van der Waals surface area contributed by atoms with E-state index in [-0.39, 0.29) is 0 Å². The van der Waals surface area contributed by atoms with Crippen molar-refractivity contribution >= 4 is 0 Å². The van der Waals surface area contributed by atoms with Crippen molar-refractivity contribution in [1.82, 2.24) is 10.2 Å². The van der Waals surface area contributed by atoms with Crippen LogP contribution in [-0.2, 0) is 19.6 Å². The molecule has 0 aliphatic rings. The highest BCUT2D eigenvalue weighted by molar-refractivity contribution is 5.14. The lowest BCUT2D eigenvalue weighted by Crippen LogP contribution is -2.21. The van der Waals surface area contributed by atoms with E-state index < -0.39 is 0 Å². The first kappa shape index (κ1) is 14.8. The van der Waals surface area contributed by atoms with Gasteiger partial charge in [-0.15, -0.1) is 0 Å². The zero-order chi connectivity index (χ0) is 14.4. The third kappa shape index (κ3) is 4.83. The van der Waals surface area contributed by atoms with Gasteiger partial charge in [-0.1, -0.05) is 44.2 Å². The van der Waals surface area contributed by atoms with E-state index in [1.165, 1.54) is 5.56 Å². The molecule has 0 unspecified atom stereocenters. The van der Waals surface area contributed by atoms with Crippen molar-refractivity contribution in [2.45, 2.75) is 39.5 Å². The molecule has 1 heterocycles. The van der Waals surface area contributed by atoms with Crippen molar-refractivity contribution in [3.63, 3.8) is 0 Å². The number of rotatable bonds is 7. The van der Waals surface area contributed by atoms with Crippen LogP contribution in [0.25, 0.3) is 0 Å². The van der Waals surface area contributed by atoms with E-state index in [1.54, 1.807) is 0 Å². The summed E-state index contributed by atoms with van der Waals surface area (Å²) >= 11 is 0. The molecule has 0 saturated heterocycles. The molecule has 3 nitrogen and oxygen atoms in total. The van der Waals surface area contributed by atoms with E-state index in [4.69, 9.17) is 4.42 Å². The van der Waals surface area contributed by atoms with Crippen molar-refractivity contribution in [3.8, 4) is 0 Å². The fourth-order valence-electron chi connectivity index (χ4n) is 2.12. The average Bonchev–Trinajstić information content (AvgIpc) is 2.85. The van der Waals surface area contributed by atoms with E-state index in [9.17, 15) is 0 Å². The van der Waals surface area contributed by atoms with Gasteiger partial charge in [0.25, 0.3) is 0 Å². The Bertz CT molecular complexity index is 505. The van der Waals surface area contributed by atoms with Crippen LogP contribution in [0.3, 0.4) is 0 Å². The summed E-state index contributed by atoms with van der Waals surface area (Å²) in [5.74, 6) is 2.02. The summed E-state index contributed by atoms with van der Waals surface area (Å²) in [5, 5.41) is 3.36. The Morgan fingerprint density at radius 1 is 1.00 bits per heavy atom. The topological polar surface area (TPSA) is 28.4 Å². The molecule has 108 valence electrons. The molecule has 1 aromatic heterocycles. The van der Waals surface area contributed by atoms with Crippen LogP contribution in [0.2, 0.25) is 0 Å². The van der Waals surface area contributed by atoms with Crippen LogP contribution in [0.4, 0.5) is 0 Å². The quantitative estimate of drug-likeness (QED) is 0.837. The molecule has 0 radical (unpaired) electrons. The lowest BCUT2D eigenvalue weighted by molar-refractivity contribution is 0.282. The van der Waals surface area contributed by atoms with Crippen LogP contribution in [0.1, 0.15) is 30.9 Å². The Kier molecular flexibility index (Phi) is 5.39. The van der Waals surface area contributed by atoms with Crippen LogP contribution in [0.15, 0.2) is 46.9 Å². The Labute approximate surface area is 121 Å². The van der Waals surface area contributed by atoms with Gasteiger partial charge in [0.15, 0.2) is 0 Å². The highest BCUT2D eigenvalue weighted by atomic mass is 16.3. The summed E-state index contributed by atoms with van der Waals surface area (Å²) in [4.78, 5) is 2.26. The molecule has 0 aliphatic heterocycles. The van der Waals surface area contributed by atoms with Crippen LogP contribution < -0.4 is 5.32 Å². The minimum atomic E-state index is 0.476. The zero-order valence-electron chi connectivity index (χ0n) is 12.6. The maximum Gasteiger partial charge on any atom is 0.118 e. The van der Waals surface area contributed by atoms with Crippen molar-refractivity contribution in [3.05, 3.63) is 59.5 Å². The minimum absolute atomic E-state index is 0.476. The predicted octanol–water partition coefficient (Wildman–Crippen LogP) is 3.41. The summed E-state index contributed by atoms with van der Waals surface area (Å²) in [6.45, 7) is 6.83. The Morgan fingerprint density at radius 2 is 1.70 bits per heavy atom. The van der Waals surface area contributed by atoms with Crippen LogP contribution in [0, 0.1) is 0 Å². The summed E-state index contributed by atoms with van der Waals surface area (Å²) in [6.07, 6.45) is 0. The summed E-state index contributed by atoms with van der Waals surface area (Å²) < 4.78 is 5.84. The third-order valence-electron chi connectivity index (χ3n) is 3.12. The van der Waals surface area contributed by atoms with Crippen LogP contribution >= 0.6 is 0 Å². The molecule has 0 atom stereocenters. The summed E-state index contributed by atoms with van der Waals surface area (Å²) in [5.41, 5.74) is 1.32. The third-order valence-corrected chi connectivity index (χ3v) is 3.12. The van der Waals surface area contributed by atoms with E-state index in [2.05, 4.69) is 67.5 Å². The highest BCUT2D eigenvalue weighted by Crippen LogP contribution is 2.12. The normalized spacial score (nSPS) is 11.4. The number of hydrogen-bond acceptors (Lipinski definition) is 3. The van der Waals surface area contributed by atoms with Gasteiger partial charge >= 0.3 is 0 Å². The molecule has 0 spiro atoms. The van der Waals surface area contributed by atoms with Gasteiger partial charge in [-0.05, 0) is 24.7 Å². The smallest absolute Gasteiger partial charge is 0.118 e. The molecular weight excluding hydrogens is 248 g/mol. The largest absolute Gasteiger partial charge is 0.463 e. The van der Waals surface area contributed by atoms with Gasteiger partial charge in [-0.25, -0.2) is 0 Å². The zero-order valence-corrected chi connectivity index (χ0v) is 12.6. The minimum Gasteiger partial charge on any atom is -0.463 e. The standard InChI is InChI=1S/C17H24N2O/c1-14(2)18-11-16-9-10-17(20-16)13-19(3)12-15-7-5-4-6-8-15/h4-10,14,18H,11-13H2,1-3H3. The number of benzene rings is 1. The number of nitrogens with zero attached hydrogens (tertiary/aromatic N) is 1. The Hall–Kier alpha value is -1.58. The van der Waals surface area contributed by atoms with E-state index in [0.29, 0.717) is 6.04 Å². The first-order valence-corrected chi connectivity index (χ1v) is 7.17. The molecule has 20 heavy (non-hydrogen) atoms. The maximum atomic E-state index is 5.84. The van der Waals surface area contributed by atoms with Gasteiger partial charge in [0.2, 0.25) is 0 Å². The molecule has 1 aromatic carbocycles. The maximum absolute atomic E-state index is 5.84. The highest BCUT2D eigenvalue weighted by Gasteiger charge is 2.06. The van der Waals surface area contributed by atoms with Gasteiger partial charge in [0.05, 0.1) is 13.1 Å². The molecular formula is C17H24N2O. The predicted molar refractivity (Wildman–Crippen MR) is 82.3 cm³/mol. The number of furan rings is 1. The van der Waals surface area contributed by atoms with E-state index in [1.807, 2.05) is 6.07 Å². The van der Waals surface area contributed by atoms with E-state index >= 15 is 0 Å². The van der Waals surface area contributed by atoms with Crippen LogP contribution in [-0.4, -0.2) is 18.0 Å². The number of nitrogens with one attached hydrogen (secondary N) is 1. The summed E-state index contributed by atoms with van der Waals surface area (Å²) in [6, 6.07) is 15.1. The SMILES string of the molecule is CC(C)NCc1ccc(CN(C)Cc2ccccc2)o1. The molecule has 3 heteroatoms. The first-order valence-electron chi connectivity index (χ1n) is 7.17. The van der Waals surface area contributed by atoms with Gasteiger partial charge < -0.3 is 9.73 Å². The van der Waals surface area contributed by atoms with Gasteiger partial charge in [-0.2, -0.15) is 0 Å². The van der Waals surface area contributed by atoms with Crippen LogP contribution in [0.5, 0.6) is 0 Å². The molecule has 0 amide bonds. The number of hydrogen-bond donors (Lipinski definition) is 1. The van der Waals surface area contributed by atoms with Gasteiger partial charge in [0, 0.05) is 12.6 Å². The van der Waals surface area contributed by atoms with Crippen molar-refractivity contribution in [2.24, 2.45) is 0 Å². The average molecular weight is 272 g/mol. The molecule has 0 bridgehead atoms. The molecule has 0 fully saturated rings. The second-order valence-corrected chi connectivity index (χ2v) is 5.56. The molecule has 2 rings (SSSR count). The Morgan fingerprint density at radius 3 is 2.40 bits per heavy atom. The van der Waals surface area contributed by atoms with Crippen molar-refractivity contribution in [2.75, 3.05) is 7.05 Å². The summed E-state index contributed by atoms with van der Waals surface area (Å²) in [7, 11) is 2.11. The molecule has 0 aliphatic carbocycles. The monoisotopic (exact) mass is 272 g/mol. The van der Waals surface area contributed by atoms with Crippen molar-refractivity contribution < 1.29 is 4.42 Å². The molecule has 1 N–H and O–H groups in total. The van der Waals surface area contributed by atoms with Gasteiger partial charge in [-0.3, -0.25) is 4.90 Å². The second kappa shape index (κ2) is 7.27. The molecule has 2 aromatic rings. The van der Waals surface area contributed by atoms with E-state index in [0.717, 1.165) is 31.2 Å². The lowest BCUT2D eigenvalue weighted by Gasteiger charge is -2.15. The van der Waals surface area contributed by atoms with Crippen molar-refractivity contribution in [1.29, 1.82) is 0 Å². The second-order valence-electron chi connectivity index (χ2n) is 5.56. The lowest BCUT2D eigenvalue weighted by atomic mass is 10.2. The fourth-order valence-corrected chi connectivity index (χ4v) is 2.12. The Balaban J connectivity index is 1.83. The van der Waals surface area contributed by atoms with Gasteiger partial charge in [0.1, 0.15) is 11.5 Å². The fraction of sp³-hybridized carbons (Fsp3) is 0.412. The first-order chi connectivity index (χ1) is 9.63.